The highest BCUT2D eigenvalue weighted by Gasteiger charge is 2.28. The van der Waals surface area contributed by atoms with Crippen molar-refractivity contribution >= 4 is 33.4 Å². The Morgan fingerprint density at radius 1 is 0.980 bits per heavy atom. The van der Waals surface area contributed by atoms with Crippen molar-refractivity contribution in [2.45, 2.75) is 97.8 Å². The van der Waals surface area contributed by atoms with E-state index in [1.165, 1.54) is 7.11 Å². The lowest BCUT2D eigenvalue weighted by molar-refractivity contribution is 0.0184. The first-order chi connectivity index (χ1) is 23.3. The van der Waals surface area contributed by atoms with E-state index < -0.39 is 26.8 Å². The second-order valence-electron chi connectivity index (χ2n) is 15.2. The number of amides is 2. The van der Waals surface area contributed by atoms with E-state index in [1.807, 2.05) is 60.6 Å². The predicted octanol–water partition coefficient (Wildman–Crippen LogP) is 8.08. The Kier molecular flexibility index (Phi) is 11.8. The van der Waals surface area contributed by atoms with Gasteiger partial charge in [0.25, 0.3) is 5.91 Å². The summed E-state index contributed by atoms with van der Waals surface area (Å²) >= 11 is 0. The molecule has 1 fully saturated rings. The highest BCUT2D eigenvalue weighted by molar-refractivity contribution is 7.93. The van der Waals surface area contributed by atoms with Crippen molar-refractivity contribution < 1.29 is 32.2 Å². The van der Waals surface area contributed by atoms with Crippen LogP contribution >= 0.6 is 0 Å². The molecule has 0 aliphatic carbocycles. The largest absolute Gasteiger partial charge is 0.492 e. The highest BCUT2D eigenvalue weighted by Crippen LogP contribution is 2.40. The average molecular weight is 709 g/mol. The fraction of sp³-hybridized carbons (Fsp3) is 0.500. The molecule has 0 unspecified atom stereocenters. The Balaban J connectivity index is 1.50. The van der Waals surface area contributed by atoms with Gasteiger partial charge in [-0.25, -0.2) is 13.2 Å². The van der Waals surface area contributed by atoms with Crippen molar-refractivity contribution in [3.63, 3.8) is 0 Å². The minimum Gasteiger partial charge on any atom is -0.492 e. The Hall–Kier alpha value is -4.32. The van der Waals surface area contributed by atoms with Crippen LogP contribution in [-0.2, 0) is 26.6 Å². The number of piperidine rings is 1. The molecule has 272 valence electrons. The molecule has 1 aliphatic heterocycles. The number of aryl methyl sites for hydroxylation is 1. The third kappa shape index (κ3) is 10.1. The molecule has 0 radical (unpaired) electrons. The van der Waals surface area contributed by atoms with Crippen LogP contribution in [0.2, 0.25) is 0 Å². The number of carbonyl (C=O) groups excluding carboxylic acids is 2. The lowest BCUT2D eigenvalue weighted by atomic mass is 9.86. The number of likely N-dealkylation sites (tertiary alicyclic amines) is 1. The van der Waals surface area contributed by atoms with E-state index in [-0.39, 0.29) is 22.9 Å². The Labute approximate surface area is 297 Å². The number of anilines is 2. The van der Waals surface area contributed by atoms with E-state index in [2.05, 4.69) is 15.0 Å². The monoisotopic (exact) mass is 708 g/mol. The SMILES string of the molecule is COc1c(NC(=O)c2ccc(C)c(Oc3ccnc(CC4CCN(C(=O)OC(C)(C)C)CC4)c3)c2)cc(C(C)(C)C)cc1NS(=O)(=O)C(C)C. The summed E-state index contributed by atoms with van der Waals surface area (Å²) in [4.78, 5) is 32.5. The van der Waals surface area contributed by atoms with Crippen LogP contribution in [0.4, 0.5) is 16.2 Å². The van der Waals surface area contributed by atoms with Crippen molar-refractivity contribution in [2.75, 3.05) is 30.2 Å². The number of sulfonamides is 1. The molecule has 12 heteroatoms. The summed E-state index contributed by atoms with van der Waals surface area (Å²) in [5.41, 5.74) is 2.60. The van der Waals surface area contributed by atoms with Gasteiger partial charge in [0.1, 0.15) is 17.1 Å². The minimum absolute atomic E-state index is 0.207. The topological polar surface area (TPSA) is 136 Å². The molecule has 1 aromatic heterocycles. The number of ether oxygens (including phenoxy) is 3. The molecule has 1 aliphatic rings. The Bertz CT molecular complexity index is 1800. The summed E-state index contributed by atoms with van der Waals surface area (Å²) in [5.74, 6) is 1.29. The summed E-state index contributed by atoms with van der Waals surface area (Å²) in [6, 6.07) is 12.4. The molecular weight excluding hydrogens is 657 g/mol. The van der Waals surface area contributed by atoms with Gasteiger partial charge in [-0.15, -0.1) is 0 Å². The maximum Gasteiger partial charge on any atom is 0.410 e. The minimum atomic E-state index is -3.69. The summed E-state index contributed by atoms with van der Waals surface area (Å²) in [6.45, 7) is 18.0. The molecule has 50 heavy (non-hydrogen) atoms. The first-order valence-electron chi connectivity index (χ1n) is 17.0. The van der Waals surface area contributed by atoms with Crippen molar-refractivity contribution in [3.05, 3.63) is 71.0 Å². The average Bonchev–Trinajstić information content (AvgIpc) is 3.01. The lowest BCUT2D eigenvalue weighted by Gasteiger charge is -2.33. The summed E-state index contributed by atoms with van der Waals surface area (Å²) in [7, 11) is -2.26. The quantitative estimate of drug-likeness (QED) is 0.216. The number of benzene rings is 2. The number of pyridine rings is 1. The van der Waals surface area contributed by atoms with Crippen molar-refractivity contribution in [1.82, 2.24) is 9.88 Å². The van der Waals surface area contributed by atoms with Crippen LogP contribution in [0.3, 0.4) is 0 Å². The van der Waals surface area contributed by atoms with Crippen LogP contribution in [0.1, 0.15) is 95.4 Å². The van der Waals surface area contributed by atoms with Gasteiger partial charge < -0.3 is 24.4 Å². The number of methoxy groups -OCH3 is 1. The molecule has 2 aromatic carbocycles. The molecule has 2 amide bonds. The number of rotatable bonds is 10. The number of hydrogen-bond acceptors (Lipinski definition) is 8. The zero-order chi connectivity index (χ0) is 37.0. The maximum absolute atomic E-state index is 13.7. The molecule has 0 atom stereocenters. The summed E-state index contributed by atoms with van der Waals surface area (Å²) in [5, 5.41) is 2.26. The number of nitrogens with one attached hydrogen (secondary N) is 2. The van der Waals surface area contributed by atoms with Crippen molar-refractivity contribution in [3.8, 4) is 17.2 Å². The molecule has 0 saturated carbocycles. The molecule has 4 rings (SSSR count). The van der Waals surface area contributed by atoms with Gasteiger partial charge in [0, 0.05) is 36.6 Å². The van der Waals surface area contributed by atoms with Gasteiger partial charge in [-0.1, -0.05) is 26.8 Å². The molecule has 0 bridgehead atoms. The second kappa shape index (κ2) is 15.3. The summed E-state index contributed by atoms with van der Waals surface area (Å²) in [6.07, 6.45) is 3.91. The van der Waals surface area contributed by atoms with E-state index in [1.54, 1.807) is 55.3 Å². The van der Waals surface area contributed by atoms with Crippen molar-refractivity contribution in [1.29, 1.82) is 0 Å². The van der Waals surface area contributed by atoms with Crippen LogP contribution in [0.5, 0.6) is 17.2 Å². The van der Waals surface area contributed by atoms with E-state index in [4.69, 9.17) is 14.2 Å². The van der Waals surface area contributed by atoms with Crippen LogP contribution in [0.25, 0.3) is 0 Å². The third-order valence-electron chi connectivity index (χ3n) is 8.51. The Morgan fingerprint density at radius 3 is 2.24 bits per heavy atom. The molecular formula is C38H52N4O7S. The normalized spacial score (nSPS) is 14.3. The first-order valence-corrected chi connectivity index (χ1v) is 18.6. The summed E-state index contributed by atoms with van der Waals surface area (Å²) < 4.78 is 45.7. The van der Waals surface area contributed by atoms with Gasteiger partial charge in [0.15, 0.2) is 5.75 Å². The molecule has 3 aromatic rings. The first kappa shape index (κ1) is 38.5. The van der Waals surface area contributed by atoms with Gasteiger partial charge in [0.05, 0.1) is 23.7 Å². The van der Waals surface area contributed by atoms with E-state index >= 15 is 0 Å². The van der Waals surface area contributed by atoms with E-state index in [9.17, 15) is 18.0 Å². The lowest BCUT2D eigenvalue weighted by Crippen LogP contribution is -2.42. The smallest absolute Gasteiger partial charge is 0.410 e. The van der Waals surface area contributed by atoms with E-state index in [0.717, 1.165) is 36.1 Å². The standard InChI is InChI=1S/C38H52N4O7S/c1-24(2)50(45,46)41-32-22-28(37(4,5)6)21-31(34(32)47-10)40-35(43)27-12-11-25(3)33(20-27)48-30-13-16-39-29(23-30)19-26-14-17-42(18-15-26)36(44)49-38(7,8)9/h11-13,16,20-24,26,41H,14-15,17-19H2,1-10H3,(H,40,43). The van der Waals surface area contributed by atoms with Gasteiger partial charge in [-0.3, -0.25) is 14.5 Å². The van der Waals surface area contributed by atoms with Gasteiger partial charge in [-0.2, -0.15) is 0 Å². The molecule has 2 N–H and O–H groups in total. The fourth-order valence-corrected chi connectivity index (χ4v) is 6.16. The van der Waals surface area contributed by atoms with E-state index in [0.29, 0.717) is 41.8 Å². The van der Waals surface area contributed by atoms with Crippen molar-refractivity contribution in [2.24, 2.45) is 5.92 Å². The van der Waals surface area contributed by atoms with Crippen LogP contribution in [0, 0.1) is 12.8 Å². The predicted molar refractivity (Wildman–Crippen MR) is 197 cm³/mol. The number of aromatic nitrogens is 1. The maximum atomic E-state index is 13.7. The van der Waals surface area contributed by atoms with Crippen LogP contribution in [-0.4, -0.2) is 61.4 Å². The highest BCUT2D eigenvalue weighted by atomic mass is 32.2. The molecule has 1 saturated heterocycles. The zero-order valence-electron chi connectivity index (χ0n) is 31.0. The number of hydrogen-bond donors (Lipinski definition) is 2. The zero-order valence-corrected chi connectivity index (χ0v) is 31.8. The third-order valence-corrected chi connectivity index (χ3v) is 10.3. The molecule has 11 nitrogen and oxygen atoms in total. The van der Waals surface area contributed by atoms with Crippen LogP contribution < -0.4 is 19.5 Å². The second-order valence-corrected chi connectivity index (χ2v) is 17.4. The van der Waals surface area contributed by atoms with Gasteiger partial charge in [0.2, 0.25) is 10.0 Å². The molecule has 2 heterocycles. The number of nitrogens with zero attached hydrogens (tertiary/aromatic N) is 2. The van der Waals surface area contributed by atoms with Crippen LogP contribution in [0.15, 0.2) is 48.7 Å². The Morgan fingerprint density at radius 2 is 1.64 bits per heavy atom. The van der Waals surface area contributed by atoms with Gasteiger partial charge >= 0.3 is 6.09 Å². The van der Waals surface area contributed by atoms with Gasteiger partial charge in [-0.05, 0) is 114 Å². The molecule has 0 spiro atoms. The fourth-order valence-electron chi connectivity index (χ4n) is 5.47. The number of carbonyl (C=O) groups is 2.